The van der Waals surface area contributed by atoms with Crippen molar-refractivity contribution in [2.45, 2.75) is 118 Å². The number of benzene rings is 2. The van der Waals surface area contributed by atoms with E-state index in [0.29, 0.717) is 104 Å². The molecule has 284 valence electrons. The Morgan fingerprint density at radius 2 is 0.720 bits per heavy atom. The third-order valence-electron chi connectivity index (χ3n) is 9.47. The van der Waals surface area contributed by atoms with Crippen LogP contribution in [0.15, 0.2) is 24.3 Å². The van der Waals surface area contributed by atoms with Crippen LogP contribution in [0.4, 0.5) is 0 Å². The highest BCUT2D eigenvalue weighted by atomic mass is 16.5. The van der Waals surface area contributed by atoms with E-state index in [1.807, 2.05) is 0 Å². The predicted octanol–water partition coefficient (Wildman–Crippen LogP) is 7.67. The van der Waals surface area contributed by atoms with E-state index in [1.54, 1.807) is 0 Å². The smallest absolute Gasteiger partial charge is 0.123 e. The van der Waals surface area contributed by atoms with Crippen molar-refractivity contribution >= 4 is 0 Å². The molecule has 8 heteroatoms. The minimum atomic E-state index is -0.175. The van der Waals surface area contributed by atoms with Crippen LogP contribution in [0.1, 0.15) is 116 Å². The summed E-state index contributed by atoms with van der Waals surface area (Å²) in [7, 11) is 0. The first kappa shape index (κ1) is 42.2. The summed E-state index contributed by atoms with van der Waals surface area (Å²) in [4.78, 5) is 4.59. The Labute approximate surface area is 304 Å². The highest BCUT2D eigenvalue weighted by Gasteiger charge is 2.27. The first-order valence-corrected chi connectivity index (χ1v) is 18.7. The van der Waals surface area contributed by atoms with Gasteiger partial charge in [0.2, 0.25) is 0 Å². The van der Waals surface area contributed by atoms with Crippen molar-refractivity contribution in [3.63, 3.8) is 0 Å². The molecule has 0 amide bonds. The minimum Gasteiger partial charge on any atom is -0.507 e. The Kier molecular flexibility index (Phi) is 15.2. The predicted molar refractivity (Wildman–Crippen MR) is 205 cm³/mol. The molecule has 0 aliphatic carbocycles. The Bertz CT molecular complexity index is 1220. The van der Waals surface area contributed by atoms with Gasteiger partial charge in [-0.15, -0.1) is 0 Å². The summed E-state index contributed by atoms with van der Waals surface area (Å²) in [6.45, 7) is 34.6. The average molecular weight is 699 g/mol. The van der Waals surface area contributed by atoms with Gasteiger partial charge >= 0.3 is 0 Å². The van der Waals surface area contributed by atoms with Crippen molar-refractivity contribution < 1.29 is 29.2 Å². The maximum Gasteiger partial charge on any atom is 0.123 e. The fourth-order valence-corrected chi connectivity index (χ4v) is 6.08. The van der Waals surface area contributed by atoms with Gasteiger partial charge in [-0.1, -0.05) is 107 Å². The molecule has 1 heterocycles. The second-order valence-electron chi connectivity index (χ2n) is 18.1. The van der Waals surface area contributed by atoms with Crippen LogP contribution in [0.3, 0.4) is 0 Å². The SMILES string of the molecule is CC(C)(C)c1cc(CN2CCOCCOCCN(Cc3cc(C(C)(C)C)cc(C(C)(C)C)c3O)CCOCCOCC2)c(O)c(C(C)(C)C)c1. The van der Waals surface area contributed by atoms with Gasteiger partial charge in [0.25, 0.3) is 0 Å². The number of rotatable bonds is 4. The molecule has 0 unspecified atom stereocenters. The van der Waals surface area contributed by atoms with Crippen LogP contribution in [0.25, 0.3) is 0 Å². The van der Waals surface area contributed by atoms with Crippen LogP contribution in [-0.2, 0) is 53.7 Å². The maximum absolute atomic E-state index is 11.4. The highest BCUT2D eigenvalue weighted by Crippen LogP contribution is 2.39. The molecular weight excluding hydrogens is 628 g/mol. The van der Waals surface area contributed by atoms with Crippen LogP contribution in [0.5, 0.6) is 11.5 Å². The molecule has 1 aliphatic rings. The monoisotopic (exact) mass is 699 g/mol. The topological polar surface area (TPSA) is 83.9 Å². The molecule has 8 nitrogen and oxygen atoms in total. The highest BCUT2D eigenvalue weighted by molar-refractivity contribution is 5.49. The number of hydrogen-bond acceptors (Lipinski definition) is 8. The van der Waals surface area contributed by atoms with Gasteiger partial charge in [-0.2, -0.15) is 0 Å². The van der Waals surface area contributed by atoms with E-state index in [0.717, 1.165) is 22.3 Å². The Morgan fingerprint density at radius 1 is 0.440 bits per heavy atom. The molecule has 50 heavy (non-hydrogen) atoms. The normalized spacial score (nSPS) is 18.5. The summed E-state index contributed by atoms with van der Waals surface area (Å²) in [5, 5.41) is 22.8. The van der Waals surface area contributed by atoms with Gasteiger partial charge in [0.15, 0.2) is 0 Å². The average Bonchev–Trinajstić information content (AvgIpc) is 2.98. The van der Waals surface area contributed by atoms with E-state index >= 15 is 0 Å². The lowest BCUT2D eigenvalue weighted by Gasteiger charge is -2.30. The molecule has 1 aliphatic heterocycles. The van der Waals surface area contributed by atoms with E-state index in [4.69, 9.17) is 18.9 Å². The zero-order valence-electron chi connectivity index (χ0n) is 33.6. The van der Waals surface area contributed by atoms with Crippen LogP contribution >= 0.6 is 0 Å². The first-order valence-electron chi connectivity index (χ1n) is 18.7. The second-order valence-corrected chi connectivity index (χ2v) is 18.1. The summed E-state index contributed by atoms with van der Waals surface area (Å²) < 4.78 is 24.1. The lowest BCUT2D eigenvalue weighted by atomic mass is 9.79. The quantitative estimate of drug-likeness (QED) is 0.337. The van der Waals surface area contributed by atoms with Crippen molar-refractivity contribution in [1.29, 1.82) is 0 Å². The maximum atomic E-state index is 11.4. The fourth-order valence-electron chi connectivity index (χ4n) is 6.08. The van der Waals surface area contributed by atoms with E-state index < -0.39 is 0 Å². The van der Waals surface area contributed by atoms with Crippen molar-refractivity contribution in [2.24, 2.45) is 0 Å². The van der Waals surface area contributed by atoms with Gasteiger partial charge in [-0.05, 0) is 43.9 Å². The third-order valence-corrected chi connectivity index (χ3v) is 9.47. The summed E-state index contributed by atoms with van der Waals surface area (Å²) >= 11 is 0. The summed E-state index contributed by atoms with van der Waals surface area (Å²) in [5.74, 6) is 0.767. The molecule has 0 atom stereocenters. The van der Waals surface area contributed by atoms with Gasteiger partial charge < -0.3 is 29.2 Å². The molecule has 0 bridgehead atoms. The van der Waals surface area contributed by atoms with E-state index in [2.05, 4.69) is 117 Å². The molecule has 3 rings (SSSR count). The molecule has 0 radical (unpaired) electrons. The molecular formula is C42H70N2O6. The third kappa shape index (κ3) is 13.1. The zero-order chi connectivity index (χ0) is 37.3. The molecule has 0 spiro atoms. The van der Waals surface area contributed by atoms with Gasteiger partial charge in [-0.25, -0.2) is 0 Å². The number of nitrogens with zero attached hydrogens (tertiary/aromatic N) is 2. The molecule has 0 aromatic heterocycles. The molecule has 1 saturated heterocycles. The number of ether oxygens (including phenoxy) is 4. The van der Waals surface area contributed by atoms with E-state index in [-0.39, 0.29) is 21.7 Å². The lowest BCUT2D eigenvalue weighted by Crippen LogP contribution is -2.33. The first-order chi connectivity index (χ1) is 23.2. The molecule has 2 aromatic carbocycles. The Balaban J connectivity index is 1.66. The molecule has 2 N–H and O–H groups in total. The van der Waals surface area contributed by atoms with Crippen LogP contribution in [0, 0.1) is 0 Å². The van der Waals surface area contributed by atoms with Crippen LogP contribution < -0.4 is 0 Å². The lowest BCUT2D eigenvalue weighted by molar-refractivity contribution is 0.00609. The minimum absolute atomic E-state index is 0.0337. The van der Waals surface area contributed by atoms with Gasteiger partial charge in [0.1, 0.15) is 11.5 Å². The summed E-state index contributed by atoms with van der Waals surface area (Å²) in [6, 6.07) is 8.66. The van der Waals surface area contributed by atoms with Crippen molar-refractivity contribution in [3.8, 4) is 11.5 Å². The number of phenolic OH excluding ortho intramolecular Hbond substituents is 2. The molecule has 1 fully saturated rings. The zero-order valence-corrected chi connectivity index (χ0v) is 33.6. The van der Waals surface area contributed by atoms with Crippen molar-refractivity contribution in [1.82, 2.24) is 9.80 Å². The van der Waals surface area contributed by atoms with Gasteiger partial charge in [0.05, 0.1) is 52.9 Å². The standard InChI is InChI=1S/C42H70N2O6/c1-39(2,3)33-25-31(37(45)35(27-33)41(7,8)9)29-43-13-17-47-21-23-49-19-15-44(16-20-50-24-22-48-18-14-43)30-32-26-34(40(4,5)6)28-36(38(32)46)42(10,11)12/h25-28,45-46H,13-24,29-30H2,1-12H3. The Hall–Kier alpha value is -2.20. The van der Waals surface area contributed by atoms with Crippen LogP contribution in [0.2, 0.25) is 0 Å². The van der Waals surface area contributed by atoms with Crippen molar-refractivity contribution in [3.05, 3.63) is 57.6 Å². The van der Waals surface area contributed by atoms with Gasteiger partial charge in [-0.3, -0.25) is 9.80 Å². The summed E-state index contributed by atoms with van der Waals surface area (Å²) in [6.07, 6.45) is 0. The van der Waals surface area contributed by atoms with Gasteiger partial charge in [0, 0.05) is 50.4 Å². The van der Waals surface area contributed by atoms with Crippen molar-refractivity contribution in [2.75, 3.05) is 79.0 Å². The number of aromatic hydroxyl groups is 2. The number of phenols is 2. The number of hydrogen-bond donors (Lipinski definition) is 2. The van der Waals surface area contributed by atoms with E-state index in [9.17, 15) is 10.2 Å². The largest absolute Gasteiger partial charge is 0.507 e. The second kappa shape index (κ2) is 18.0. The molecule has 2 aromatic rings. The van der Waals surface area contributed by atoms with Crippen LogP contribution in [-0.4, -0.2) is 99.0 Å². The molecule has 0 saturated carbocycles. The van der Waals surface area contributed by atoms with E-state index in [1.165, 1.54) is 11.1 Å². The summed E-state index contributed by atoms with van der Waals surface area (Å²) in [5.41, 5.74) is 5.86. The Morgan fingerprint density at radius 3 is 0.960 bits per heavy atom. The fraction of sp³-hybridized carbons (Fsp3) is 0.714.